The van der Waals surface area contributed by atoms with Crippen molar-refractivity contribution < 1.29 is 37.8 Å². The van der Waals surface area contributed by atoms with Crippen molar-refractivity contribution in [3.63, 3.8) is 0 Å². The van der Waals surface area contributed by atoms with Crippen LogP contribution in [0.1, 0.15) is 104 Å². The fourth-order valence-electron chi connectivity index (χ4n) is 11.1. The van der Waals surface area contributed by atoms with Crippen molar-refractivity contribution >= 4 is 52.0 Å². The summed E-state index contributed by atoms with van der Waals surface area (Å²) in [5, 5.41) is 26.4. The second-order valence-electron chi connectivity index (χ2n) is 21.4. The highest BCUT2D eigenvalue weighted by Gasteiger charge is 2.45. The number of hydrogen-bond acceptors (Lipinski definition) is 12. The van der Waals surface area contributed by atoms with Gasteiger partial charge in [-0.2, -0.15) is 10.2 Å². The fraction of sp³-hybridized carbons (Fsp3) is 0.463. The summed E-state index contributed by atoms with van der Waals surface area (Å²) in [6.45, 7) is 12.6. The van der Waals surface area contributed by atoms with E-state index in [0.29, 0.717) is 60.4 Å². The summed E-state index contributed by atoms with van der Waals surface area (Å²) >= 11 is 1.56. The third-order valence-corrected chi connectivity index (χ3v) is 16.3. The van der Waals surface area contributed by atoms with E-state index in [-0.39, 0.29) is 54.9 Å². The molecule has 11 rings (SSSR count). The highest BCUT2D eigenvalue weighted by Crippen LogP contribution is 2.46. The molecule has 4 aromatic heterocycles. The van der Waals surface area contributed by atoms with E-state index in [4.69, 9.17) is 9.84 Å². The number of amides is 4. The number of nitrogens with one attached hydrogen (secondary N) is 2. The molecule has 1 unspecified atom stereocenters. The highest BCUT2D eigenvalue weighted by molar-refractivity contribution is 7.13. The number of aromatic nitrogens is 5. The second kappa shape index (κ2) is 19.5. The zero-order chi connectivity index (χ0) is 51.7. The number of aliphatic hydroxyl groups excluding tert-OH is 1. The number of pyridine rings is 1. The number of hydrogen-bond donors (Lipinski definition) is 3. The van der Waals surface area contributed by atoms with Crippen molar-refractivity contribution in [2.24, 2.45) is 5.41 Å². The average molecular weight is 1030 g/mol. The van der Waals surface area contributed by atoms with E-state index in [0.717, 1.165) is 52.5 Å². The molecular weight excluding hydrogens is 969 g/mol. The van der Waals surface area contributed by atoms with Crippen LogP contribution in [0.25, 0.3) is 27.1 Å². The Balaban J connectivity index is 0.817. The summed E-state index contributed by atoms with van der Waals surface area (Å²) < 4.78 is 40.5. The Morgan fingerprint density at radius 3 is 2.45 bits per heavy atom. The number of anilines is 2. The van der Waals surface area contributed by atoms with E-state index in [1.165, 1.54) is 28.3 Å². The molecule has 3 fully saturated rings. The normalized spacial score (nSPS) is 20.4. The van der Waals surface area contributed by atoms with Crippen LogP contribution in [0, 0.1) is 12.3 Å². The van der Waals surface area contributed by atoms with Crippen LogP contribution >= 0.6 is 11.3 Å². The molecule has 1 aliphatic carbocycles. The minimum Gasteiger partial charge on any atom is -0.490 e. The number of alkyl halides is 2. The number of aryl methyl sites for hydroxylation is 1. The molecule has 4 aliphatic heterocycles. The van der Waals surface area contributed by atoms with Gasteiger partial charge in [-0.15, -0.1) is 11.3 Å². The molecule has 0 radical (unpaired) electrons. The van der Waals surface area contributed by atoms with Crippen LogP contribution in [-0.4, -0.2) is 131 Å². The van der Waals surface area contributed by atoms with Gasteiger partial charge in [-0.05, 0) is 72.6 Å². The molecule has 388 valence electrons. The Bertz CT molecular complexity index is 3160. The number of β-amino-alcohol motifs (C(OH)–C–C–N with tert-alkyl or cyclic N) is 1. The van der Waals surface area contributed by atoms with E-state index in [9.17, 15) is 24.3 Å². The van der Waals surface area contributed by atoms with Crippen molar-refractivity contribution in [3.05, 3.63) is 100 Å². The van der Waals surface area contributed by atoms with Crippen LogP contribution in [0.3, 0.4) is 0 Å². The largest absolute Gasteiger partial charge is 0.490 e. The molecule has 2 aromatic carbocycles. The molecule has 20 heteroatoms. The smallest absolute Gasteiger partial charge is 0.272 e. The number of fused-ring (bicyclic) bond motifs is 3. The van der Waals surface area contributed by atoms with E-state index in [1.54, 1.807) is 75.0 Å². The lowest BCUT2D eigenvalue weighted by molar-refractivity contribution is -0.142. The van der Waals surface area contributed by atoms with Crippen LogP contribution in [0.4, 0.5) is 20.3 Å². The van der Waals surface area contributed by atoms with Gasteiger partial charge in [0.15, 0.2) is 11.5 Å². The lowest BCUT2D eigenvalue weighted by Gasteiger charge is -2.35. The summed E-state index contributed by atoms with van der Waals surface area (Å²) in [7, 11) is 0. The quantitative estimate of drug-likeness (QED) is 0.117. The molecule has 3 N–H and O–H groups in total. The van der Waals surface area contributed by atoms with Crippen molar-refractivity contribution in [1.82, 2.24) is 49.7 Å². The van der Waals surface area contributed by atoms with Crippen LogP contribution in [0.15, 0.2) is 66.3 Å². The molecular formula is C54H61F2N11O6S. The molecule has 1 saturated carbocycles. The zero-order valence-electron chi connectivity index (χ0n) is 42.2. The third kappa shape index (κ3) is 9.51. The highest BCUT2D eigenvalue weighted by atomic mass is 32.1. The number of halogens is 2. The van der Waals surface area contributed by atoms with Gasteiger partial charge in [0.05, 0.1) is 52.5 Å². The SMILES string of the molecule is CC(=O)N1CCc2c(c(N3CCOc4cc(-c5ccc6cc(C(=O)N[C@H](C(=O)N7C[C@H](O)C[C@H]7C(=O)NCc7ccc(-c8scnc8C)cc7)C(C)(C)C)nn6c5)c(C(F)F)cc43)nn2C2CCN(C3CC3)C2)C1. The van der Waals surface area contributed by atoms with Gasteiger partial charge in [-0.1, -0.05) is 51.1 Å². The van der Waals surface area contributed by atoms with E-state index in [1.807, 2.05) is 41.0 Å². The van der Waals surface area contributed by atoms with Gasteiger partial charge in [0.2, 0.25) is 17.7 Å². The van der Waals surface area contributed by atoms with Crippen LogP contribution < -0.4 is 20.3 Å². The number of carbonyl (C=O) groups is 4. The van der Waals surface area contributed by atoms with Crippen LogP contribution in [-0.2, 0) is 33.9 Å². The number of carbonyl (C=O) groups excluding carboxylic acids is 4. The molecule has 74 heavy (non-hydrogen) atoms. The third-order valence-electron chi connectivity index (χ3n) is 15.3. The summed E-state index contributed by atoms with van der Waals surface area (Å²) in [4.78, 5) is 67.9. The Morgan fingerprint density at radius 2 is 1.73 bits per heavy atom. The first-order chi connectivity index (χ1) is 35.5. The number of aliphatic hydroxyl groups is 1. The number of likely N-dealkylation sites (tertiary alicyclic amines) is 2. The first kappa shape index (κ1) is 49.4. The standard InChI is InChI=1S/C54H61F2N11O6S/c1-30-47(74-29-58-30)33-8-6-32(7-9-33)24-57-52(71)45-21-38(69)27-65(45)53(72)48(54(3,4)5)59-51(70)42-20-36-11-10-34(25-66(36)60-42)39-23-46-44(22-40(39)49(55)56)64(18-19-73-46)50-41-28-62(31(2)68)17-15-43(41)67(61-50)37-14-16-63(26-37)35-12-13-35/h6-11,20,22-23,25,29,35,37-38,45,48-49,69H,12-19,21,24,26-28H2,1-5H3,(H,57,71)(H,59,70)/t37?,38-,45+,48-/m1/s1. The van der Waals surface area contributed by atoms with Gasteiger partial charge in [0, 0.05) is 87.1 Å². The number of ether oxygens (including phenoxy) is 1. The molecule has 4 amide bonds. The maximum atomic E-state index is 15.4. The Hall–Kier alpha value is -6.77. The predicted octanol–water partition coefficient (Wildman–Crippen LogP) is 6.83. The van der Waals surface area contributed by atoms with Crippen molar-refractivity contribution in [3.8, 4) is 27.3 Å². The monoisotopic (exact) mass is 1030 g/mol. The number of rotatable bonds is 12. The molecule has 17 nitrogen and oxygen atoms in total. The fourth-order valence-corrected chi connectivity index (χ4v) is 11.9. The molecule has 8 heterocycles. The Labute approximate surface area is 431 Å². The van der Waals surface area contributed by atoms with E-state index >= 15 is 8.78 Å². The average Bonchev–Trinajstić information content (AvgIpc) is 3.83. The molecule has 0 bridgehead atoms. The van der Waals surface area contributed by atoms with Crippen LogP contribution in [0.2, 0.25) is 0 Å². The topological polar surface area (TPSA) is 183 Å². The number of thiazole rings is 1. The van der Waals surface area contributed by atoms with Gasteiger partial charge in [-0.3, -0.25) is 28.8 Å². The Kier molecular flexibility index (Phi) is 13.0. The molecule has 5 aliphatic rings. The molecule has 0 spiro atoms. The summed E-state index contributed by atoms with van der Waals surface area (Å²) in [5.41, 5.74) is 7.22. The van der Waals surface area contributed by atoms with Crippen molar-refractivity contribution in [1.29, 1.82) is 0 Å². The van der Waals surface area contributed by atoms with E-state index in [2.05, 4.69) is 30.3 Å². The minimum atomic E-state index is -2.87. The molecule has 6 aromatic rings. The minimum absolute atomic E-state index is 0.0149. The van der Waals surface area contributed by atoms with Gasteiger partial charge in [-0.25, -0.2) is 18.3 Å². The summed E-state index contributed by atoms with van der Waals surface area (Å²) in [5.74, 6) is -0.548. The van der Waals surface area contributed by atoms with Gasteiger partial charge < -0.3 is 35.2 Å². The van der Waals surface area contributed by atoms with Crippen molar-refractivity contribution in [2.75, 3.05) is 44.2 Å². The van der Waals surface area contributed by atoms with Crippen LogP contribution in [0.5, 0.6) is 5.75 Å². The Morgan fingerprint density at radius 1 is 0.946 bits per heavy atom. The number of benzene rings is 2. The van der Waals surface area contributed by atoms with Gasteiger partial charge in [0.1, 0.15) is 24.4 Å². The number of nitrogens with zero attached hydrogens (tertiary/aromatic N) is 9. The second-order valence-corrected chi connectivity index (χ2v) is 22.3. The van der Waals surface area contributed by atoms with Crippen molar-refractivity contribution in [2.45, 2.75) is 117 Å². The predicted molar refractivity (Wildman–Crippen MR) is 274 cm³/mol. The van der Waals surface area contributed by atoms with Gasteiger partial charge >= 0.3 is 0 Å². The lowest BCUT2D eigenvalue weighted by Crippen LogP contribution is -2.57. The lowest BCUT2D eigenvalue weighted by atomic mass is 9.85. The van der Waals surface area contributed by atoms with E-state index < -0.39 is 47.7 Å². The van der Waals surface area contributed by atoms with Gasteiger partial charge in [0.25, 0.3) is 12.3 Å². The first-order valence-corrected chi connectivity index (χ1v) is 26.4. The molecule has 4 atom stereocenters. The molecule has 2 saturated heterocycles. The first-order valence-electron chi connectivity index (χ1n) is 25.5. The maximum absolute atomic E-state index is 15.4. The zero-order valence-corrected chi connectivity index (χ0v) is 43.0. The maximum Gasteiger partial charge on any atom is 0.272 e. The summed E-state index contributed by atoms with van der Waals surface area (Å²) in [6, 6.07) is 14.6. The summed E-state index contributed by atoms with van der Waals surface area (Å²) in [6.07, 6.45) is 1.89.